The minimum atomic E-state index is 0.433. The van der Waals surface area contributed by atoms with E-state index in [2.05, 4.69) is 66.6 Å². The highest BCUT2D eigenvalue weighted by Crippen LogP contribution is 2.33. The second-order valence-corrected chi connectivity index (χ2v) is 8.90. The zero-order valence-corrected chi connectivity index (χ0v) is 18.8. The lowest BCUT2D eigenvalue weighted by atomic mass is 10.0. The van der Waals surface area contributed by atoms with Crippen LogP contribution in [0.15, 0.2) is 55.4 Å². The number of nitrogens with one attached hydrogen (secondary N) is 2. The summed E-state index contributed by atoms with van der Waals surface area (Å²) in [4.78, 5) is 19.4. The molecule has 5 heterocycles. The zero-order chi connectivity index (χ0) is 22.4. The average molecular weight is 439 g/mol. The zero-order valence-electron chi connectivity index (χ0n) is 18.8. The Labute approximate surface area is 191 Å². The molecule has 166 valence electrons. The molecular formula is C25H26N8. The molecule has 0 spiro atoms. The highest BCUT2D eigenvalue weighted by Gasteiger charge is 2.18. The highest BCUT2D eigenvalue weighted by atomic mass is 15.2. The molecule has 8 heteroatoms. The maximum absolute atomic E-state index is 4.64. The van der Waals surface area contributed by atoms with Crippen molar-refractivity contribution in [2.45, 2.75) is 18.9 Å². The molecule has 0 unspecified atom stereocenters. The standard InChI is InChI=1S/C25H26N8/c1-32-7-5-19(6-8-32)31-25-21-9-16(3-4-23(21)28-15-29-25)22-13-27-24-20(22)10-17(11-26-24)18-12-30-33(2)14-18/h3-4,9-15,19H,5-8H2,1-2H3,(H,26,27)(H,28,29,31). The second kappa shape index (κ2) is 7.97. The van der Waals surface area contributed by atoms with Gasteiger partial charge in [-0.1, -0.05) is 6.07 Å². The first-order chi connectivity index (χ1) is 16.1. The number of fused-ring (bicyclic) bond motifs is 2. The number of H-pyrrole nitrogens is 1. The summed E-state index contributed by atoms with van der Waals surface area (Å²) in [5.74, 6) is 0.908. The van der Waals surface area contributed by atoms with Gasteiger partial charge in [0.2, 0.25) is 0 Å². The Morgan fingerprint density at radius 2 is 1.79 bits per heavy atom. The van der Waals surface area contributed by atoms with Gasteiger partial charge in [0.05, 0.1) is 11.7 Å². The van der Waals surface area contributed by atoms with Gasteiger partial charge in [-0.2, -0.15) is 5.10 Å². The molecule has 33 heavy (non-hydrogen) atoms. The molecule has 0 radical (unpaired) electrons. The van der Waals surface area contributed by atoms with E-state index < -0.39 is 0 Å². The Kier molecular flexibility index (Phi) is 4.80. The van der Waals surface area contributed by atoms with Crippen LogP contribution in [0.25, 0.3) is 44.2 Å². The Morgan fingerprint density at radius 3 is 2.61 bits per heavy atom. The number of piperidine rings is 1. The summed E-state index contributed by atoms with van der Waals surface area (Å²) in [5.41, 5.74) is 6.13. The predicted octanol–water partition coefficient (Wildman–Crippen LogP) is 4.08. The molecule has 1 aliphatic heterocycles. The van der Waals surface area contributed by atoms with Gasteiger partial charge >= 0.3 is 0 Å². The molecule has 0 amide bonds. The lowest BCUT2D eigenvalue weighted by Crippen LogP contribution is -2.36. The van der Waals surface area contributed by atoms with Gasteiger partial charge < -0.3 is 15.2 Å². The van der Waals surface area contributed by atoms with Gasteiger partial charge in [-0.05, 0) is 56.7 Å². The Hall–Kier alpha value is -3.78. The van der Waals surface area contributed by atoms with E-state index in [-0.39, 0.29) is 0 Å². The predicted molar refractivity (Wildman–Crippen MR) is 131 cm³/mol. The lowest BCUT2D eigenvalue weighted by Gasteiger charge is -2.30. The maximum atomic E-state index is 4.64. The number of benzene rings is 1. The monoisotopic (exact) mass is 438 g/mol. The molecule has 0 aliphatic carbocycles. The number of aryl methyl sites for hydroxylation is 1. The van der Waals surface area contributed by atoms with Gasteiger partial charge in [0.15, 0.2) is 0 Å². The Balaban J connectivity index is 1.40. The van der Waals surface area contributed by atoms with Crippen molar-refractivity contribution in [3.63, 3.8) is 0 Å². The van der Waals surface area contributed by atoms with Crippen molar-refractivity contribution in [3.05, 3.63) is 55.4 Å². The largest absolute Gasteiger partial charge is 0.367 e. The van der Waals surface area contributed by atoms with Crippen LogP contribution >= 0.6 is 0 Å². The first-order valence-corrected chi connectivity index (χ1v) is 11.3. The molecule has 1 aliphatic rings. The van der Waals surface area contributed by atoms with Crippen LogP contribution in [-0.2, 0) is 7.05 Å². The normalized spacial score (nSPS) is 15.5. The highest BCUT2D eigenvalue weighted by molar-refractivity contribution is 5.99. The van der Waals surface area contributed by atoms with Crippen molar-refractivity contribution < 1.29 is 0 Å². The first-order valence-electron chi connectivity index (χ1n) is 11.3. The van der Waals surface area contributed by atoms with Crippen molar-refractivity contribution in [1.82, 2.24) is 34.6 Å². The van der Waals surface area contributed by atoms with Gasteiger partial charge in [-0.15, -0.1) is 0 Å². The van der Waals surface area contributed by atoms with Crippen molar-refractivity contribution in [2.75, 3.05) is 25.5 Å². The number of aromatic nitrogens is 6. The number of nitrogens with zero attached hydrogens (tertiary/aromatic N) is 6. The summed E-state index contributed by atoms with van der Waals surface area (Å²) in [5, 5.41) is 10.1. The van der Waals surface area contributed by atoms with Crippen molar-refractivity contribution in [2.24, 2.45) is 7.05 Å². The minimum absolute atomic E-state index is 0.433. The summed E-state index contributed by atoms with van der Waals surface area (Å²) >= 11 is 0. The smallest absolute Gasteiger partial charge is 0.137 e. The number of hydrogen-bond donors (Lipinski definition) is 2. The van der Waals surface area contributed by atoms with E-state index >= 15 is 0 Å². The van der Waals surface area contributed by atoms with E-state index in [1.807, 2.05) is 31.8 Å². The third kappa shape index (κ3) is 3.72. The fraction of sp³-hybridized carbons (Fsp3) is 0.280. The summed E-state index contributed by atoms with van der Waals surface area (Å²) < 4.78 is 1.81. The number of likely N-dealkylation sites (tertiary alicyclic amines) is 1. The number of anilines is 1. The van der Waals surface area contributed by atoms with Crippen LogP contribution in [0.5, 0.6) is 0 Å². The van der Waals surface area contributed by atoms with Crippen LogP contribution < -0.4 is 5.32 Å². The topological polar surface area (TPSA) is 87.5 Å². The molecule has 5 aromatic rings. The molecule has 2 N–H and O–H groups in total. The van der Waals surface area contributed by atoms with Gasteiger partial charge in [0, 0.05) is 59.1 Å². The minimum Gasteiger partial charge on any atom is -0.367 e. The van der Waals surface area contributed by atoms with Crippen molar-refractivity contribution in [3.8, 4) is 22.3 Å². The quantitative estimate of drug-likeness (QED) is 0.440. The summed E-state index contributed by atoms with van der Waals surface area (Å²) in [6, 6.07) is 8.99. The van der Waals surface area contributed by atoms with E-state index in [0.29, 0.717) is 6.04 Å². The molecule has 1 aromatic carbocycles. The molecular weight excluding hydrogens is 412 g/mol. The molecule has 6 rings (SSSR count). The number of rotatable bonds is 4. The fourth-order valence-corrected chi connectivity index (χ4v) is 4.66. The van der Waals surface area contributed by atoms with Gasteiger partial charge in [-0.25, -0.2) is 15.0 Å². The van der Waals surface area contributed by atoms with Crippen molar-refractivity contribution >= 4 is 27.8 Å². The van der Waals surface area contributed by atoms with Crippen LogP contribution in [0.3, 0.4) is 0 Å². The fourth-order valence-electron chi connectivity index (χ4n) is 4.66. The third-order valence-corrected chi connectivity index (χ3v) is 6.58. The molecule has 1 saturated heterocycles. The lowest BCUT2D eigenvalue weighted by molar-refractivity contribution is 0.264. The van der Waals surface area contributed by atoms with Gasteiger partial charge in [0.25, 0.3) is 0 Å². The molecule has 0 bridgehead atoms. The number of hydrogen-bond acceptors (Lipinski definition) is 6. The van der Waals surface area contributed by atoms with Crippen LogP contribution in [0.2, 0.25) is 0 Å². The van der Waals surface area contributed by atoms with Gasteiger partial charge in [-0.3, -0.25) is 4.68 Å². The second-order valence-electron chi connectivity index (χ2n) is 8.90. The SMILES string of the molecule is CN1CCC(Nc2ncnc3ccc(-c4c[nH]c5ncc(-c6cnn(C)c6)cc45)cc23)CC1. The van der Waals surface area contributed by atoms with E-state index in [9.17, 15) is 0 Å². The average Bonchev–Trinajstić information content (AvgIpc) is 3.46. The first kappa shape index (κ1) is 19.9. The summed E-state index contributed by atoms with van der Waals surface area (Å²) in [6.07, 6.45) is 11.7. The van der Waals surface area contributed by atoms with E-state index in [1.54, 1.807) is 11.0 Å². The molecule has 4 aromatic heterocycles. The molecule has 0 saturated carbocycles. The summed E-state index contributed by atoms with van der Waals surface area (Å²) in [6.45, 7) is 2.21. The van der Waals surface area contributed by atoms with E-state index in [4.69, 9.17) is 0 Å². The Morgan fingerprint density at radius 1 is 0.939 bits per heavy atom. The number of pyridine rings is 1. The third-order valence-electron chi connectivity index (χ3n) is 6.58. The van der Waals surface area contributed by atoms with Gasteiger partial charge in [0.1, 0.15) is 17.8 Å². The van der Waals surface area contributed by atoms with E-state index in [1.165, 1.54) is 0 Å². The van der Waals surface area contributed by atoms with E-state index in [0.717, 1.165) is 75.9 Å². The number of aromatic amines is 1. The molecule has 1 fully saturated rings. The van der Waals surface area contributed by atoms with Crippen LogP contribution in [0.4, 0.5) is 5.82 Å². The van der Waals surface area contributed by atoms with Crippen molar-refractivity contribution in [1.29, 1.82) is 0 Å². The maximum Gasteiger partial charge on any atom is 0.137 e. The summed E-state index contributed by atoms with van der Waals surface area (Å²) in [7, 11) is 4.10. The molecule has 8 nitrogen and oxygen atoms in total. The van der Waals surface area contributed by atoms with Crippen LogP contribution in [0, 0.1) is 0 Å². The Bertz CT molecular complexity index is 1440. The molecule has 0 atom stereocenters. The van der Waals surface area contributed by atoms with Crippen LogP contribution in [0.1, 0.15) is 12.8 Å². The van der Waals surface area contributed by atoms with Crippen LogP contribution in [-0.4, -0.2) is 60.8 Å².